The second-order valence-corrected chi connectivity index (χ2v) is 8.12. The molecule has 1 aliphatic carbocycles. The molecule has 0 saturated heterocycles. The Kier molecular flexibility index (Phi) is 5.23. The highest BCUT2D eigenvalue weighted by atomic mass is 19.4. The molecule has 2 aromatic carbocycles. The number of alkyl halides is 3. The fourth-order valence-corrected chi connectivity index (χ4v) is 4.46. The van der Waals surface area contributed by atoms with Crippen LogP contribution < -0.4 is 9.64 Å². The first-order valence-electron chi connectivity index (χ1n) is 10.6. The molecule has 2 heterocycles. The van der Waals surface area contributed by atoms with Gasteiger partial charge in [0.05, 0.1) is 22.6 Å². The zero-order chi connectivity index (χ0) is 24.9. The molecule has 1 aliphatic rings. The van der Waals surface area contributed by atoms with Gasteiger partial charge in [0.1, 0.15) is 11.3 Å². The van der Waals surface area contributed by atoms with Crippen LogP contribution in [0.3, 0.4) is 0 Å². The van der Waals surface area contributed by atoms with E-state index in [1.807, 2.05) is 24.3 Å². The molecule has 0 aliphatic heterocycles. The third-order valence-electron chi connectivity index (χ3n) is 5.95. The summed E-state index contributed by atoms with van der Waals surface area (Å²) >= 11 is 0. The molecular weight excluding hydrogens is 461 g/mol. The van der Waals surface area contributed by atoms with E-state index in [1.54, 1.807) is 29.7 Å². The maximum Gasteiger partial charge on any atom is 0.573 e. The summed E-state index contributed by atoms with van der Waals surface area (Å²) < 4.78 is 43.8. The first-order valence-corrected chi connectivity index (χ1v) is 10.6. The Bertz CT molecular complexity index is 1510. The predicted octanol–water partition coefficient (Wildman–Crippen LogP) is 5.43. The lowest BCUT2D eigenvalue weighted by Gasteiger charge is -2.21. The number of pyridine rings is 1. The number of carbonyl (C=O) groups is 1. The minimum absolute atomic E-state index is 0.217. The van der Waals surface area contributed by atoms with Gasteiger partial charge in [-0.05, 0) is 41.5 Å². The molecule has 0 bridgehead atoms. The van der Waals surface area contributed by atoms with Crippen molar-refractivity contribution in [3.05, 3.63) is 77.2 Å². The predicted molar refractivity (Wildman–Crippen MR) is 125 cm³/mol. The van der Waals surface area contributed by atoms with Crippen molar-refractivity contribution in [2.24, 2.45) is 7.05 Å². The number of rotatable bonds is 5. The summed E-state index contributed by atoms with van der Waals surface area (Å²) in [7, 11) is 3.54. The van der Waals surface area contributed by atoms with Gasteiger partial charge in [-0.1, -0.05) is 18.2 Å². The molecule has 1 N–H and O–H groups in total. The third-order valence-corrected chi connectivity index (χ3v) is 5.95. The maximum atomic E-state index is 12.7. The quantitative estimate of drug-likeness (QED) is 0.410. The number of aryl methyl sites for hydroxylation is 1. The Morgan fingerprint density at radius 3 is 2.69 bits per heavy atom. The molecular formula is C25H19F3N4O3. The van der Waals surface area contributed by atoms with Gasteiger partial charge in [-0.25, -0.2) is 4.79 Å². The minimum Gasteiger partial charge on any atom is -0.478 e. The molecule has 7 nitrogen and oxygen atoms in total. The Balaban J connectivity index is 1.54. The van der Waals surface area contributed by atoms with E-state index in [2.05, 4.69) is 9.72 Å². The number of fused-ring (bicyclic) bond motifs is 2. The third kappa shape index (κ3) is 4.07. The van der Waals surface area contributed by atoms with Crippen LogP contribution in [0.4, 0.5) is 24.5 Å². The first-order chi connectivity index (χ1) is 16.6. The Morgan fingerprint density at radius 2 is 1.94 bits per heavy atom. The molecule has 178 valence electrons. The van der Waals surface area contributed by atoms with Crippen molar-refractivity contribution < 1.29 is 27.8 Å². The van der Waals surface area contributed by atoms with Gasteiger partial charge in [-0.15, -0.1) is 13.2 Å². The Labute approximate surface area is 197 Å². The van der Waals surface area contributed by atoms with E-state index in [0.29, 0.717) is 34.6 Å². The monoisotopic (exact) mass is 480 g/mol. The van der Waals surface area contributed by atoms with Crippen LogP contribution in [0.2, 0.25) is 0 Å². The van der Waals surface area contributed by atoms with Crippen LogP contribution in [-0.4, -0.2) is 39.3 Å². The topological polar surface area (TPSA) is 80.5 Å². The van der Waals surface area contributed by atoms with E-state index in [4.69, 9.17) is 5.10 Å². The lowest BCUT2D eigenvalue weighted by Crippen LogP contribution is -2.17. The summed E-state index contributed by atoms with van der Waals surface area (Å²) in [6, 6.07) is 12.8. The van der Waals surface area contributed by atoms with Crippen LogP contribution in [0, 0.1) is 0 Å². The van der Waals surface area contributed by atoms with Crippen molar-refractivity contribution >= 4 is 39.9 Å². The summed E-state index contributed by atoms with van der Waals surface area (Å²) in [6.45, 7) is 0. The zero-order valence-electron chi connectivity index (χ0n) is 18.7. The molecule has 0 saturated carbocycles. The number of nitrogens with zero attached hydrogens (tertiary/aromatic N) is 4. The van der Waals surface area contributed by atoms with Gasteiger partial charge in [0.15, 0.2) is 0 Å². The van der Waals surface area contributed by atoms with Crippen molar-refractivity contribution in [3.8, 4) is 5.75 Å². The number of carboxylic acids is 1. The second-order valence-electron chi connectivity index (χ2n) is 8.12. The van der Waals surface area contributed by atoms with Gasteiger partial charge in [-0.2, -0.15) is 5.10 Å². The number of carboxylic acid groups (broad SMARTS) is 1. The number of aromatic carboxylic acids is 1. The molecule has 35 heavy (non-hydrogen) atoms. The molecule has 5 rings (SSSR count). The van der Waals surface area contributed by atoms with Gasteiger partial charge in [0.2, 0.25) is 0 Å². The summed E-state index contributed by atoms with van der Waals surface area (Å²) in [6.07, 6.45) is -1.04. The molecule has 10 heteroatoms. The standard InChI is InChI=1S/C25H19F3N4O3/c1-31(15-5-3-6-16(13-15)35-25(26,27)28)21-8-4-7-18-22(21)30-32(2)23(18)14-11-19-17(24(33)34)9-10-29-20(19)12-14/h3-10,12-13H,11H2,1-2H3,(H,33,34). The van der Waals surface area contributed by atoms with E-state index in [0.717, 1.165) is 16.7 Å². The molecule has 0 fully saturated rings. The van der Waals surface area contributed by atoms with Gasteiger partial charge >= 0.3 is 12.3 Å². The fraction of sp³-hybridized carbons (Fsp3) is 0.160. The van der Waals surface area contributed by atoms with Gasteiger partial charge in [0.25, 0.3) is 0 Å². The first kappa shape index (κ1) is 22.5. The van der Waals surface area contributed by atoms with Crippen molar-refractivity contribution in [1.82, 2.24) is 14.8 Å². The Morgan fingerprint density at radius 1 is 1.17 bits per heavy atom. The molecule has 0 unspecified atom stereocenters. The molecule has 0 amide bonds. The highest BCUT2D eigenvalue weighted by Crippen LogP contribution is 2.39. The van der Waals surface area contributed by atoms with E-state index in [-0.39, 0.29) is 11.3 Å². The number of anilines is 2. The van der Waals surface area contributed by atoms with Crippen LogP contribution in [0.25, 0.3) is 22.6 Å². The number of hydrogen-bond acceptors (Lipinski definition) is 5. The summed E-state index contributed by atoms with van der Waals surface area (Å²) in [4.78, 5) is 17.7. The van der Waals surface area contributed by atoms with E-state index in [1.165, 1.54) is 30.5 Å². The fourth-order valence-electron chi connectivity index (χ4n) is 4.46. The number of halogens is 3. The van der Waals surface area contributed by atoms with Crippen molar-refractivity contribution in [1.29, 1.82) is 0 Å². The van der Waals surface area contributed by atoms with Gasteiger partial charge in [0, 0.05) is 43.9 Å². The van der Waals surface area contributed by atoms with Gasteiger partial charge in [-0.3, -0.25) is 9.67 Å². The van der Waals surface area contributed by atoms with Crippen LogP contribution in [0.15, 0.2) is 54.7 Å². The highest BCUT2D eigenvalue weighted by Gasteiger charge is 2.31. The number of aromatic nitrogens is 3. The number of benzene rings is 2. The number of hydrogen-bond donors (Lipinski definition) is 1. The smallest absolute Gasteiger partial charge is 0.478 e. The molecule has 0 radical (unpaired) electrons. The summed E-state index contributed by atoms with van der Waals surface area (Å²) in [5, 5.41) is 15.1. The molecule has 0 atom stereocenters. The molecule has 2 aromatic heterocycles. The average molecular weight is 480 g/mol. The lowest BCUT2D eigenvalue weighted by atomic mass is 10.0. The zero-order valence-corrected chi connectivity index (χ0v) is 18.7. The Hall–Kier alpha value is -4.34. The minimum atomic E-state index is -4.78. The van der Waals surface area contributed by atoms with Crippen LogP contribution in [0.1, 0.15) is 27.3 Å². The number of ether oxygens (including phenoxy) is 1. The van der Waals surface area contributed by atoms with E-state index >= 15 is 0 Å². The largest absolute Gasteiger partial charge is 0.573 e. The molecule has 4 aromatic rings. The maximum absolute atomic E-state index is 12.7. The van der Waals surface area contributed by atoms with Crippen LogP contribution in [-0.2, 0) is 13.5 Å². The van der Waals surface area contributed by atoms with E-state index in [9.17, 15) is 23.1 Å². The van der Waals surface area contributed by atoms with Crippen LogP contribution >= 0.6 is 0 Å². The van der Waals surface area contributed by atoms with Gasteiger partial charge < -0.3 is 14.7 Å². The van der Waals surface area contributed by atoms with Crippen molar-refractivity contribution in [2.45, 2.75) is 12.8 Å². The summed E-state index contributed by atoms with van der Waals surface area (Å²) in [5.74, 6) is -1.32. The average Bonchev–Trinajstić information content (AvgIpc) is 3.36. The lowest BCUT2D eigenvalue weighted by molar-refractivity contribution is -0.274. The normalized spacial score (nSPS) is 13.0. The van der Waals surface area contributed by atoms with Crippen molar-refractivity contribution in [2.75, 3.05) is 11.9 Å². The number of allylic oxidation sites excluding steroid dienone is 1. The van der Waals surface area contributed by atoms with Crippen molar-refractivity contribution in [3.63, 3.8) is 0 Å². The molecule has 0 spiro atoms. The summed E-state index contributed by atoms with van der Waals surface area (Å²) in [5.41, 5.74) is 5.02. The second kappa shape index (κ2) is 8.15. The highest BCUT2D eigenvalue weighted by molar-refractivity contribution is 6.04. The van der Waals surface area contributed by atoms with Crippen LogP contribution in [0.5, 0.6) is 5.75 Å². The SMILES string of the molecule is CN(c1cccc(OC(F)(F)F)c1)c1cccc2c(C3=Cc4nccc(C(=O)O)c4C3)n(C)nc12. The van der Waals surface area contributed by atoms with E-state index < -0.39 is 12.3 Å².